The molecule has 1 fully saturated rings. The third-order valence-corrected chi connectivity index (χ3v) is 3.04. The van der Waals surface area contributed by atoms with E-state index >= 15 is 0 Å². The van der Waals surface area contributed by atoms with Gasteiger partial charge in [0.15, 0.2) is 0 Å². The van der Waals surface area contributed by atoms with Crippen LogP contribution in [0.3, 0.4) is 0 Å². The Kier molecular flexibility index (Phi) is 2.17. The average molecular weight is 174 g/mol. The first kappa shape index (κ1) is 8.49. The predicted octanol–water partition coefficient (Wildman–Crippen LogP) is 2.63. The van der Waals surface area contributed by atoms with Crippen LogP contribution in [0.2, 0.25) is 0 Å². The molecule has 0 N–H and O–H groups in total. The molecule has 68 valence electrons. The van der Waals surface area contributed by atoms with Crippen molar-refractivity contribution in [1.29, 1.82) is 0 Å². The van der Waals surface area contributed by atoms with Crippen molar-refractivity contribution >= 4 is 6.29 Å². The van der Waals surface area contributed by atoms with Crippen molar-refractivity contribution < 1.29 is 4.79 Å². The largest absolute Gasteiger partial charge is 0.303 e. The lowest BCUT2D eigenvalue weighted by molar-refractivity contribution is -0.109. The summed E-state index contributed by atoms with van der Waals surface area (Å²) in [5.41, 5.74) is 1.33. The zero-order chi connectivity index (χ0) is 9.26. The molecule has 13 heavy (non-hydrogen) atoms. The van der Waals surface area contributed by atoms with Crippen LogP contribution in [-0.2, 0) is 4.79 Å². The van der Waals surface area contributed by atoms with Gasteiger partial charge in [0.1, 0.15) is 6.29 Å². The molecule has 1 aromatic carbocycles. The third kappa shape index (κ3) is 1.39. The van der Waals surface area contributed by atoms with Crippen LogP contribution in [-0.4, -0.2) is 6.29 Å². The highest BCUT2D eigenvalue weighted by atomic mass is 16.1. The van der Waals surface area contributed by atoms with E-state index < -0.39 is 0 Å². The molecule has 0 bridgehead atoms. The summed E-state index contributed by atoms with van der Waals surface area (Å²) in [5.74, 6) is 1.39. The number of benzene rings is 1. The van der Waals surface area contributed by atoms with E-state index in [0.717, 1.165) is 12.7 Å². The van der Waals surface area contributed by atoms with Gasteiger partial charge in [-0.2, -0.15) is 0 Å². The second-order valence-corrected chi connectivity index (χ2v) is 3.72. The number of rotatable bonds is 3. The van der Waals surface area contributed by atoms with E-state index in [-0.39, 0.29) is 5.92 Å². The molecule has 0 unspecified atom stereocenters. The minimum atomic E-state index is 0.285. The molecule has 1 nitrogen and oxygen atoms in total. The molecule has 0 aliphatic heterocycles. The van der Waals surface area contributed by atoms with E-state index in [1.165, 1.54) is 5.56 Å². The van der Waals surface area contributed by atoms with Gasteiger partial charge >= 0.3 is 0 Å². The minimum Gasteiger partial charge on any atom is -0.303 e. The first-order chi connectivity index (χ1) is 6.38. The summed E-state index contributed by atoms with van der Waals surface area (Å²) >= 11 is 0. The lowest BCUT2D eigenvalue weighted by Crippen LogP contribution is -1.82. The molecule has 0 saturated heterocycles. The summed E-state index contributed by atoms with van der Waals surface area (Å²) in [6.07, 6.45) is 2.23. The first-order valence-electron chi connectivity index (χ1n) is 4.88. The zero-order valence-electron chi connectivity index (χ0n) is 7.81. The minimum absolute atomic E-state index is 0.285. The molecule has 0 spiro atoms. The Morgan fingerprint density at radius 3 is 2.46 bits per heavy atom. The summed E-state index contributed by atoms with van der Waals surface area (Å²) in [6, 6.07) is 10.3. The fraction of sp³-hybridized carbons (Fsp3) is 0.417. The van der Waals surface area contributed by atoms with Gasteiger partial charge < -0.3 is 4.79 Å². The quantitative estimate of drug-likeness (QED) is 0.644. The zero-order valence-corrected chi connectivity index (χ0v) is 7.81. The standard InChI is InChI=1S/C12H14O/c1-2-10-11(8-13)12(10)9-6-4-3-5-7-9/h3-8,10-12H,2H2,1H3/t10-,11-,12-/m1/s1. The highest BCUT2D eigenvalue weighted by Crippen LogP contribution is 2.54. The highest BCUT2D eigenvalue weighted by Gasteiger charge is 2.49. The Morgan fingerprint density at radius 2 is 2.00 bits per heavy atom. The molecule has 3 atom stereocenters. The molecule has 1 aliphatic carbocycles. The topological polar surface area (TPSA) is 17.1 Å². The SMILES string of the molecule is CC[C@@H]1[C@@H](C=O)[C@@H]1c1ccccc1. The number of aldehydes is 1. The van der Waals surface area contributed by atoms with Crippen LogP contribution in [0.4, 0.5) is 0 Å². The van der Waals surface area contributed by atoms with Gasteiger partial charge in [-0.25, -0.2) is 0 Å². The Hall–Kier alpha value is -1.11. The number of hydrogen-bond acceptors (Lipinski definition) is 1. The van der Waals surface area contributed by atoms with Gasteiger partial charge in [-0.3, -0.25) is 0 Å². The van der Waals surface area contributed by atoms with E-state index in [2.05, 4.69) is 19.1 Å². The Bertz CT molecular complexity index is 291. The van der Waals surface area contributed by atoms with Crippen LogP contribution in [0.5, 0.6) is 0 Å². The van der Waals surface area contributed by atoms with Crippen LogP contribution in [0, 0.1) is 11.8 Å². The molecule has 0 amide bonds. The normalized spacial score (nSPS) is 31.3. The van der Waals surface area contributed by atoms with Crippen LogP contribution in [0.15, 0.2) is 30.3 Å². The number of hydrogen-bond donors (Lipinski definition) is 0. The molecular formula is C12H14O. The van der Waals surface area contributed by atoms with Crippen LogP contribution in [0.25, 0.3) is 0 Å². The maximum absolute atomic E-state index is 10.7. The third-order valence-electron chi connectivity index (χ3n) is 3.04. The van der Waals surface area contributed by atoms with Gasteiger partial charge in [0, 0.05) is 5.92 Å². The molecule has 1 aromatic rings. The molecule has 1 aliphatic rings. The Morgan fingerprint density at radius 1 is 1.31 bits per heavy atom. The summed E-state index contributed by atoms with van der Waals surface area (Å²) in [7, 11) is 0. The maximum Gasteiger partial charge on any atom is 0.123 e. The van der Waals surface area contributed by atoms with E-state index in [1.807, 2.05) is 18.2 Å². The van der Waals surface area contributed by atoms with Crippen molar-refractivity contribution in [3.63, 3.8) is 0 Å². The summed E-state index contributed by atoms with van der Waals surface area (Å²) in [5, 5.41) is 0. The molecule has 1 saturated carbocycles. The summed E-state index contributed by atoms with van der Waals surface area (Å²) < 4.78 is 0. The smallest absolute Gasteiger partial charge is 0.123 e. The van der Waals surface area contributed by atoms with Crippen molar-refractivity contribution in [3.05, 3.63) is 35.9 Å². The molecular weight excluding hydrogens is 160 g/mol. The fourth-order valence-corrected chi connectivity index (χ4v) is 2.26. The van der Waals surface area contributed by atoms with Crippen molar-refractivity contribution in [3.8, 4) is 0 Å². The number of carbonyl (C=O) groups excluding carboxylic acids is 1. The lowest BCUT2D eigenvalue weighted by atomic mass is 10.1. The predicted molar refractivity (Wildman–Crippen MR) is 52.5 cm³/mol. The van der Waals surface area contributed by atoms with E-state index in [0.29, 0.717) is 11.8 Å². The van der Waals surface area contributed by atoms with Gasteiger partial charge in [0.05, 0.1) is 0 Å². The molecule has 0 radical (unpaired) electrons. The van der Waals surface area contributed by atoms with Gasteiger partial charge in [0.25, 0.3) is 0 Å². The number of carbonyl (C=O) groups is 1. The van der Waals surface area contributed by atoms with Gasteiger partial charge in [-0.05, 0) is 17.4 Å². The Balaban J connectivity index is 2.16. The van der Waals surface area contributed by atoms with Gasteiger partial charge in [-0.1, -0.05) is 43.7 Å². The van der Waals surface area contributed by atoms with Gasteiger partial charge in [0.2, 0.25) is 0 Å². The summed E-state index contributed by atoms with van der Waals surface area (Å²) in [6.45, 7) is 2.16. The lowest BCUT2D eigenvalue weighted by Gasteiger charge is -1.96. The second kappa shape index (κ2) is 3.33. The molecule has 0 aromatic heterocycles. The highest BCUT2D eigenvalue weighted by molar-refractivity contribution is 5.62. The van der Waals surface area contributed by atoms with Crippen molar-refractivity contribution in [1.82, 2.24) is 0 Å². The van der Waals surface area contributed by atoms with Gasteiger partial charge in [-0.15, -0.1) is 0 Å². The Labute approximate surface area is 78.8 Å². The van der Waals surface area contributed by atoms with Crippen molar-refractivity contribution in [2.75, 3.05) is 0 Å². The van der Waals surface area contributed by atoms with E-state index in [9.17, 15) is 4.79 Å². The van der Waals surface area contributed by atoms with Crippen LogP contribution >= 0.6 is 0 Å². The van der Waals surface area contributed by atoms with Crippen LogP contribution < -0.4 is 0 Å². The van der Waals surface area contributed by atoms with E-state index in [1.54, 1.807) is 0 Å². The van der Waals surface area contributed by atoms with E-state index in [4.69, 9.17) is 0 Å². The average Bonchev–Trinajstić information content (AvgIpc) is 2.92. The van der Waals surface area contributed by atoms with Crippen molar-refractivity contribution in [2.45, 2.75) is 19.3 Å². The maximum atomic E-state index is 10.7. The fourth-order valence-electron chi connectivity index (χ4n) is 2.26. The molecule has 1 heteroatoms. The van der Waals surface area contributed by atoms with Crippen molar-refractivity contribution in [2.24, 2.45) is 11.8 Å². The molecule has 0 heterocycles. The first-order valence-corrected chi connectivity index (χ1v) is 4.88. The molecule has 2 rings (SSSR count). The summed E-state index contributed by atoms with van der Waals surface area (Å²) in [4.78, 5) is 10.7. The van der Waals surface area contributed by atoms with Crippen LogP contribution in [0.1, 0.15) is 24.8 Å². The monoisotopic (exact) mass is 174 g/mol. The second-order valence-electron chi connectivity index (χ2n) is 3.72.